The first kappa shape index (κ1) is 14.1. The molecular formula is C14H18FN3S. The van der Waals surface area contributed by atoms with Gasteiger partial charge in [0.2, 0.25) is 0 Å². The van der Waals surface area contributed by atoms with E-state index < -0.39 is 0 Å². The summed E-state index contributed by atoms with van der Waals surface area (Å²) >= 11 is 1.57. The van der Waals surface area contributed by atoms with Gasteiger partial charge >= 0.3 is 0 Å². The van der Waals surface area contributed by atoms with Gasteiger partial charge in [-0.1, -0.05) is 11.8 Å². The monoisotopic (exact) mass is 279 g/mol. The number of nitrogens with zero attached hydrogens (tertiary/aromatic N) is 2. The molecule has 3 nitrogen and oxygen atoms in total. The van der Waals surface area contributed by atoms with E-state index in [0.29, 0.717) is 5.56 Å². The summed E-state index contributed by atoms with van der Waals surface area (Å²) in [5.74, 6) is -0.210. The summed E-state index contributed by atoms with van der Waals surface area (Å²) in [6, 6.07) is 5.19. The Bertz CT molecular complexity index is 605. The molecule has 19 heavy (non-hydrogen) atoms. The Hall–Kier alpha value is -1.33. The molecule has 0 amide bonds. The molecule has 2 N–H and O–H groups in total. The van der Waals surface area contributed by atoms with E-state index in [9.17, 15) is 4.39 Å². The smallest absolute Gasteiger partial charge is 0.126 e. The topological polar surface area (TPSA) is 43.8 Å². The van der Waals surface area contributed by atoms with Crippen molar-refractivity contribution in [1.29, 1.82) is 0 Å². The first-order chi connectivity index (χ1) is 8.88. The largest absolute Gasteiger partial charge is 0.324 e. The molecule has 2 aromatic rings. The lowest BCUT2D eigenvalue weighted by molar-refractivity contribution is 0.610. The lowest BCUT2D eigenvalue weighted by atomic mass is 10.1. The summed E-state index contributed by atoms with van der Waals surface area (Å²) < 4.78 is 15.5. The number of hydrogen-bond acceptors (Lipinski definition) is 3. The van der Waals surface area contributed by atoms with Gasteiger partial charge in [-0.05, 0) is 50.1 Å². The molecule has 1 heterocycles. The fourth-order valence-electron chi connectivity index (χ4n) is 1.91. The minimum atomic E-state index is -0.210. The molecular weight excluding hydrogens is 261 g/mol. The summed E-state index contributed by atoms with van der Waals surface area (Å²) in [4.78, 5) is 0.983. The van der Waals surface area contributed by atoms with Crippen LogP contribution in [0.3, 0.4) is 0 Å². The van der Waals surface area contributed by atoms with Crippen LogP contribution in [0.1, 0.15) is 29.8 Å². The van der Waals surface area contributed by atoms with Crippen LogP contribution in [-0.2, 0) is 7.05 Å². The van der Waals surface area contributed by atoms with Crippen LogP contribution in [0.4, 0.5) is 4.39 Å². The van der Waals surface area contributed by atoms with Gasteiger partial charge in [0.1, 0.15) is 5.82 Å². The fraction of sp³-hybridized carbons (Fsp3) is 0.357. The van der Waals surface area contributed by atoms with Crippen molar-refractivity contribution in [1.82, 2.24) is 9.78 Å². The minimum Gasteiger partial charge on any atom is -0.324 e. The molecule has 1 atom stereocenters. The fourth-order valence-corrected chi connectivity index (χ4v) is 3.14. The van der Waals surface area contributed by atoms with E-state index in [1.807, 2.05) is 37.7 Å². The molecule has 0 saturated carbocycles. The Kier molecular flexibility index (Phi) is 3.96. The Morgan fingerprint density at radius 2 is 2.00 bits per heavy atom. The molecule has 0 bridgehead atoms. The molecule has 1 aromatic carbocycles. The third-order valence-electron chi connectivity index (χ3n) is 2.96. The predicted molar refractivity (Wildman–Crippen MR) is 75.8 cm³/mol. The lowest BCUT2D eigenvalue weighted by Crippen LogP contribution is -2.07. The van der Waals surface area contributed by atoms with E-state index >= 15 is 0 Å². The number of hydrogen-bond donors (Lipinski definition) is 1. The Morgan fingerprint density at radius 3 is 2.53 bits per heavy atom. The summed E-state index contributed by atoms with van der Waals surface area (Å²) in [7, 11) is 1.90. The van der Waals surface area contributed by atoms with Crippen molar-refractivity contribution in [3.8, 4) is 0 Å². The molecule has 1 aromatic heterocycles. The van der Waals surface area contributed by atoms with Crippen LogP contribution in [0.2, 0.25) is 0 Å². The highest BCUT2D eigenvalue weighted by molar-refractivity contribution is 7.99. The van der Waals surface area contributed by atoms with Crippen molar-refractivity contribution in [2.45, 2.75) is 36.7 Å². The highest BCUT2D eigenvalue weighted by atomic mass is 32.2. The second-order valence-corrected chi connectivity index (χ2v) is 5.84. The van der Waals surface area contributed by atoms with Gasteiger partial charge in [0, 0.05) is 18.0 Å². The maximum Gasteiger partial charge on any atom is 0.126 e. The second kappa shape index (κ2) is 5.35. The molecule has 102 valence electrons. The van der Waals surface area contributed by atoms with Crippen LogP contribution in [-0.4, -0.2) is 9.78 Å². The van der Waals surface area contributed by atoms with Gasteiger partial charge in [0.25, 0.3) is 0 Å². The van der Waals surface area contributed by atoms with E-state index in [-0.39, 0.29) is 11.9 Å². The van der Waals surface area contributed by atoms with E-state index in [2.05, 4.69) is 5.10 Å². The van der Waals surface area contributed by atoms with Crippen molar-refractivity contribution < 1.29 is 4.39 Å². The zero-order valence-electron chi connectivity index (χ0n) is 11.6. The average molecular weight is 279 g/mol. The van der Waals surface area contributed by atoms with E-state index in [1.54, 1.807) is 18.7 Å². The number of nitrogens with two attached hydrogens (primary N) is 1. The van der Waals surface area contributed by atoms with Gasteiger partial charge in [0.15, 0.2) is 0 Å². The summed E-state index contributed by atoms with van der Waals surface area (Å²) in [5.41, 5.74) is 8.35. The standard InChI is InChI=1S/C14H18FN3S/c1-8-5-13(11(10(3)16)7-12(8)15)19-14-6-9(2)17-18(14)4/h5-7,10H,16H2,1-4H3/t10-/m0/s1. The van der Waals surface area contributed by atoms with Crippen LogP contribution in [0.5, 0.6) is 0 Å². The number of halogens is 1. The molecule has 0 spiro atoms. The van der Waals surface area contributed by atoms with Gasteiger partial charge in [-0.15, -0.1) is 0 Å². The molecule has 0 saturated heterocycles. The zero-order valence-corrected chi connectivity index (χ0v) is 12.4. The minimum absolute atomic E-state index is 0.202. The van der Waals surface area contributed by atoms with Crippen LogP contribution in [0.15, 0.2) is 28.1 Å². The van der Waals surface area contributed by atoms with Crippen molar-refractivity contribution in [3.63, 3.8) is 0 Å². The Balaban J connectivity index is 2.44. The normalized spacial score (nSPS) is 12.7. The highest BCUT2D eigenvalue weighted by Gasteiger charge is 2.14. The maximum atomic E-state index is 13.7. The van der Waals surface area contributed by atoms with Gasteiger partial charge < -0.3 is 5.73 Å². The molecule has 0 unspecified atom stereocenters. The third-order valence-corrected chi connectivity index (χ3v) is 4.12. The van der Waals surface area contributed by atoms with Crippen LogP contribution >= 0.6 is 11.8 Å². The van der Waals surface area contributed by atoms with Gasteiger partial charge in [0.05, 0.1) is 10.7 Å². The van der Waals surface area contributed by atoms with Crippen molar-refractivity contribution >= 4 is 11.8 Å². The molecule has 5 heteroatoms. The lowest BCUT2D eigenvalue weighted by Gasteiger charge is -2.14. The average Bonchev–Trinajstić information content (AvgIpc) is 2.62. The summed E-state index contributed by atoms with van der Waals surface area (Å²) in [5, 5.41) is 5.33. The predicted octanol–water partition coefficient (Wildman–Crippen LogP) is 3.35. The first-order valence-corrected chi connectivity index (χ1v) is 6.94. The number of aryl methyl sites for hydroxylation is 3. The third kappa shape index (κ3) is 2.98. The van der Waals surface area contributed by atoms with E-state index in [1.165, 1.54) is 6.07 Å². The molecule has 0 aliphatic rings. The van der Waals surface area contributed by atoms with Crippen LogP contribution < -0.4 is 5.73 Å². The number of aromatic nitrogens is 2. The molecule has 0 fully saturated rings. The number of rotatable bonds is 3. The van der Waals surface area contributed by atoms with Crippen molar-refractivity contribution in [3.05, 3.63) is 40.8 Å². The Morgan fingerprint density at radius 1 is 1.32 bits per heavy atom. The molecule has 2 rings (SSSR count). The second-order valence-electron chi connectivity index (χ2n) is 4.78. The van der Waals surface area contributed by atoms with E-state index in [0.717, 1.165) is 21.2 Å². The maximum absolute atomic E-state index is 13.7. The zero-order chi connectivity index (χ0) is 14.2. The number of benzene rings is 1. The molecule has 0 aliphatic heterocycles. The Labute approximate surface area is 117 Å². The quantitative estimate of drug-likeness (QED) is 0.937. The summed E-state index contributed by atoms with van der Waals surface area (Å²) in [6.07, 6.45) is 0. The van der Waals surface area contributed by atoms with Crippen molar-refractivity contribution in [2.75, 3.05) is 0 Å². The van der Waals surface area contributed by atoms with Crippen molar-refractivity contribution in [2.24, 2.45) is 12.8 Å². The first-order valence-electron chi connectivity index (χ1n) is 6.12. The van der Waals surface area contributed by atoms with Crippen LogP contribution in [0, 0.1) is 19.7 Å². The van der Waals surface area contributed by atoms with Gasteiger partial charge in [-0.3, -0.25) is 4.68 Å². The van der Waals surface area contributed by atoms with E-state index in [4.69, 9.17) is 5.73 Å². The highest BCUT2D eigenvalue weighted by Crippen LogP contribution is 2.34. The molecule has 0 aliphatic carbocycles. The molecule has 0 radical (unpaired) electrons. The van der Waals surface area contributed by atoms with Gasteiger partial charge in [-0.25, -0.2) is 4.39 Å². The van der Waals surface area contributed by atoms with Crippen LogP contribution in [0.25, 0.3) is 0 Å². The SMILES string of the molecule is Cc1cc(Sc2cc(C)c(F)cc2[C@H](C)N)n(C)n1. The van der Waals surface area contributed by atoms with Gasteiger partial charge in [-0.2, -0.15) is 5.10 Å². The summed E-state index contributed by atoms with van der Waals surface area (Å²) in [6.45, 7) is 5.58.